The lowest BCUT2D eigenvalue weighted by atomic mass is 10.0. The number of ether oxygens (including phenoxy) is 1. The van der Waals surface area contributed by atoms with E-state index in [4.69, 9.17) is 4.74 Å². The van der Waals surface area contributed by atoms with E-state index in [1.54, 1.807) is 31.3 Å². The molecule has 2 aromatic rings. The Bertz CT molecular complexity index is 1020. The van der Waals surface area contributed by atoms with Gasteiger partial charge in [0.05, 0.1) is 6.26 Å². The summed E-state index contributed by atoms with van der Waals surface area (Å²) in [6.45, 7) is 5.77. The summed E-state index contributed by atoms with van der Waals surface area (Å²) < 4.78 is 30.9. The number of anilines is 1. The minimum Gasteiger partial charge on any atom is -0.457 e. The number of hydrogen-bond acceptors (Lipinski definition) is 5. The zero-order valence-corrected chi connectivity index (χ0v) is 22.3. The van der Waals surface area contributed by atoms with Gasteiger partial charge in [-0.05, 0) is 61.2 Å². The van der Waals surface area contributed by atoms with E-state index in [1.165, 1.54) is 5.56 Å². The molecule has 0 aliphatic carbocycles. The van der Waals surface area contributed by atoms with Crippen molar-refractivity contribution in [2.45, 2.75) is 45.2 Å². The molecule has 1 heterocycles. The number of hydrogen-bond donors (Lipinski definition) is 2. The highest BCUT2D eigenvalue weighted by Crippen LogP contribution is 2.25. The summed E-state index contributed by atoms with van der Waals surface area (Å²) in [5.41, 5.74) is 1.71. The monoisotopic (exact) mass is 524 g/mol. The number of halogens is 1. The first-order chi connectivity index (χ1) is 16.3. The molecular weight excluding hydrogens is 488 g/mol. The number of amides is 2. The zero-order chi connectivity index (χ0) is 24.6. The molecule has 0 unspecified atom stereocenters. The second-order valence-corrected chi connectivity index (χ2v) is 10.5. The van der Waals surface area contributed by atoms with E-state index in [9.17, 15) is 13.2 Å². The van der Waals surface area contributed by atoms with Crippen LogP contribution in [0.4, 0.5) is 10.5 Å². The van der Waals surface area contributed by atoms with Gasteiger partial charge in [-0.1, -0.05) is 25.5 Å². The van der Waals surface area contributed by atoms with Crippen LogP contribution in [0.3, 0.4) is 0 Å². The number of unbranched alkanes of at least 4 members (excludes halogenated alkanes) is 1. The number of sulfonamides is 1. The van der Waals surface area contributed by atoms with Crippen LogP contribution in [0.1, 0.15) is 38.2 Å². The second-order valence-electron chi connectivity index (χ2n) is 8.75. The van der Waals surface area contributed by atoms with E-state index in [-0.39, 0.29) is 18.4 Å². The molecule has 1 saturated heterocycles. The van der Waals surface area contributed by atoms with E-state index in [2.05, 4.69) is 34.0 Å². The molecule has 1 aliphatic heterocycles. The van der Waals surface area contributed by atoms with Crippen molar-refractivity contribution in [2.24, 2.45) is 0 Å². The first kappa shape index (κ1) is 28.7. The van der Waals surface area contributed by atoms with Crippen LogP contribution in [0.25, 0.3) is 0 Å². The molecule has 8 nitrogen and oxygen atoms in total. The van der Waals surface area contributed by atoms with E-state index in [0.717, 1.165) is 63.9 Å². The Morgan fingerprint density at radius 2 is 1.63 bits per heavy atom. The SMILES string of the molecule is CCCCN(C(=O)NC)C1CCN(Cc2ccc(Oc3ccc(NS(C)(=O)=O)cc3)cc2)CC1.Cl. The maximum atomic E-state index is 12.3. The Hall–Kier alpha value is -2.49. The first-order valence-electron chi connectivity index (χ1n) is 11.8. The number of carbonyl (C=O) groups is 1. The smallest absolute Gasteiger partial charge is 0.317 e. The van der Waals surface area contributed by atoms with Crippen molar-refractivity contribution >= 4 is 34.1 Å². The fourth-order valence-corrected chi connectivity index (χ4v) is 4.74. The Kier molecular flexibility index (Phi) is 11.1. The van der Waals surface area contributed by atoms with Gasteiger partial charge >= 0.3 is 6.03 Å². The molecule has 35 heavy (non-hydrogen) atoms. The maximum Gasteiger partial charge on any atom is 0.317 e. The fraction of sp³-hybridized carbons (Fsp3) is 0.480. The highest BCUT2D eigenvalue weighted by atomic mass is 35.5. The van der Waals surface area contributed by atoms with E-state index >= 15 is 0 Å². The Morgan fingerprint density at radius 1 is 1.06 bits per heavy atom. The van der Waals surface area contributed by atoms with Crippen molar-refractivity contribution in [3.05, 3.63) is 54.1 Å². The van der Waals surface area contributed by atoms with Crippen LogP contribution in [0, 0.1) is 0 Å². The third-order valence-electron chi connectivity index (χ3n) is 5.95. The van der Waals surface area contributed by atoms with Gasteiger partial charge in [-0.25, -0.2) is 13.2 Å². The lowest BCUT2D eigenvalue weighted by Gasteiger charge is -2.38. The van der Waals surface area contributed by atoms with Gasteiger partial charge in [0.15, 0.2) is 0 Å². The largest absolute Gasteiger partial charge is 0.457 e. The summed E-state index contributed by atoms with van der Waals surface area (Å²) in [4.78, 5) is 16.7. The molecule has 0 bridgehead atoms. The van der Waals surface area contributed by atoms with E-state index in [0.29, 0.717) is 17.5 Å². The van der Waals surface area contributed by atoms with Crippen LogP contribution >= 0.6 is 12.4 Å². The lowest BCUT2D eigenvalue weighted by molar-refractivity contribution is 0.117. The number of carbonyl (C=O) groups excluding carboxylic acids is 1. The van der Waals surface area contributed by atoms with Crippen molar-refractivity contribution in [1.82, 2.24) is 15.1 Å². The summed E-state index contributed by atoms with van der Waals surface area (Å²) in [5.74, 6) is 1.36. The summed E-state index contributed by atoms with van der Waals surface area (Å²) in [6.07, 6.45) is 5.21. The molecule has 10 heteroatoms. The molecule has 0 atom stereocenters. The topological polar surface area (TPSA) is 91.0 Å². The normalized spacial score (nSPS) is 14.6. The summed E-state index contributed by atoms with van der Waals surface area (Å²) in [7, 11) is -1.59. The van der Waals surface area contributed by atoms with Gasteiger partial charge in [-0.3, -0.25) is 9.62 Å². The van der Waals surface area contributed by atoms with Crippen LogP contribution in [-0.4, -0.2) is 63.2 Å². The van der Waals surface area contributed by atoms with Crippen molar-refractivity contribution in [2.75, 3.05) is 37.7 Å². The standard InChI is InChI=1S/C25H36N4O4S.ClH/c1-4-5-16-29(25(30)26-2)22-14-17-28(18-15-22)19-20-6-10-23(11-7-20)33-24-12-8-21(9-13-24)27-34(3,31)32;/h6-13,22,27H,4-5,14-19H2,1-3H3,(H,26,30);1H. The number of urea groups is 1. The van der Waals surface area contributed by atoms with Gasteiger partial charge in [-0.15, -0.1) is 12.4 Å². The molecule has 0 aromatic heterocycles. The molecule has 0 radical (unpaired) electrons. The minimum atomic E-state index is -3.30. The molecule has 0 spiro atoms. The Balaban J connectivity index is 0.00000432. The number of nitrogens with one attached hydrogen (secondary N) is 2. The molecule has 3 rings (SSSR count). The third-order valence-corrected chi connectivity index (χ3v) is 6.55. The highest BCUT2D eigenvalue weighted by Gasteiger charge is 2.27. The molecule has 194 valence electrons. The number of piperidine rings is 1. The quantitative estimate of drug-likeness (QED) is 0.471. The van der Waals surface area contributed by atoms with E-state index in [1.807, 2.05) is 17.0 Å². The lowest BCUT2D eigenvalue weighted by Crippen LogP contribution is -2.50. The Labute approximate surface area is 215 Å². The molecule has 2 amide bonds. The minimum absolute atomic E-state index is 0. The van der Waals surface area contributed by atoms with Gasteiger partial charge in [0.25, 0.3) is 0 Å². The molecule has 1 aliphatic rings. The number of benzene rings is 2. The van der Waals surface area contributed by atoms with Gasteiger partial charge < -0.3 is 15.0 Å². The predicted octanol–water partition coefficient (Wildman–Crippen LogP) is 4.68. The molecule has 2 aromatic carbocycles. The average molecular weight is 525 g/mol. The summed E-state index contributed by atoms with van der Waals surface area (Å²) in [6, 6.07) is 15.2. The highest BCUT2D eigenvalue weighted by molar-refractivity contribution is 7.92. The second kappa shape index (κ2) is 13.6. The van der Waals surface area contributed by atoms with Crippen molar-refractivity contribution in [3.63, 3.8) is 0 Å². The van der Waals surface area contributed by atoms with Crippen LogP contribution in [0.2, 0.25) is 0 Å². The van der Waals surface area contributed by atoms with Crippen LogP contribution < -0.4 is 14.8 Å². The maximum absolute atomic E-state index is 12.3. The van der Waals surface area contributed by atoms with Crippen LogP contribution in [0.15, 0.2) is 48.5 Å². The predicted molar refractivity (Wildman–Crippen MR) is 143 cm³/mol. The molecule has 0 saturated carbocycles. The van der Waals surface area contributed by atoms with Gasteiger partial charge in [-0.2, -0.15) is 0 Å². The fourth-order valence-electron chi connectivity index (χ4n) is 4.17. The number of nitrogens with zero attached hydrogens (tertiary/aromatic N) is 2. The zero-order valence-electron chi connectivity index (χ0n) is 20.7. The van der Waals surface area contributed by atoms with E-state index < -0.39 is 10.0 Å². The Morgan fingerprint density at radius 3 is 2.14 bits per heavy atom. The van der Waals surface area contributed by atoms with Gasteiger partial charge in [0, 0.05) is 45.0 Å². The van der Waals surface area contributed by atoms with Crippen molar-refractivity contribution in [3.8, 4) is 11.5 Å². The van der Waals surface area contributed by atoms with Crippen molar-refractivity contribution in [1.29, 1.82) is 0 Å². The van der Waals surface area contributed by atoms with Gasteiger partial charge in [0.2, 0.25) is 10.0 Å². The third kappa shape index (κ3) is 9.23. The average Bonchev–Trinajstić information content (AvgIpc) is 2.81. The molecular formula is C25H37ClN4O4S. The molecule has 1 fully saturated rings. The van der Waals surface area contributed by atoms with Crippen LogP contribution in [0.5, 0.6) is 11.5 Å². The number of likely N-dealkylation sites (tertiary alicyclic amines) is 1. The first-order valence-corrected chi connectivity index (χ1v) is 13.7. The summed E-state index contributed by atoms with van der Waals surface area (Å²) >= 11 is 0. The van der Waals surface area contributed by atoms with Crippen LogP contribution in [-0.2, 0) is 16.6 Å². The summed E-state index contributed by atoms with van der Waals surface area (Å²) in [5, 5.41) is 2.79. The number of rotatable bonds is 10. The van der Waals surface area contributed by atoms with Gasteiger partial charge in [0.1, 0.15) is 11.5 Å². The van der Waals surface area contributed by atoms with Crippen molar-refractivity contribution < 1.29 is 17.9 Å². The molecule has 2 N–H and O–H groups in total.